The number of phosphoric acid groups is 1. The highest BCUT2D eigenvalue weighted by atomic mass is 31.2. The van der Waals surface area contributed by atoms with Crippen molar-refractivity contribution >= 4 is 19.8 Å². The third-order valence-electron chi connectivity index (χ3n) is 10.1. The molecule has 3 unspecified atom stereocenters. The molecule has 0 aromatic rings. The van der Waals surface area contributed by atoms with Crippen LogP contribution in [0.2, 0.25) is 0 Å². The monoisotopic (exact) mass is 928 g/mol. The van der Waals surface area contributed by atoms with Crippen molar-refractivity contribution in [3.63, 3.8) is 0 Å². The van der Waals surface area contributed by atoms with Gasteiger partial charge in [0.25, 0.3) is 0 Å². The van der Waals surface area contributed by atoms with Gasteiger partial charge in [-0.1, -0.05) is 137 Å². The first-order chi connectivity index (χ1) is 30.6. The lowest BCUT2D eigenvalue weighted by Crippen LogP contribution is -2.64. The van der Waals surface area contributed by atoms with Gasteiger partial charge in [-0.2, -0.15) is 0 Å². The molecule has 1 rings (SSSR count). The Bertz CT molecular complexity index is 1490. The summed E-state index contributed by atoms with van der Waals surface area (Å²) in [5, 5.41) is 80.7. The van der Waals surface area contributed by atoms with E-state index in [2.05, 4.69) is 50.3 Å². The fourth-order valence-corrected chi connectivity index (χ4v) is 7.24. The smallest absolute Gasteiger partial charge is 0.462 e. The Balaban J connectivity index is 2.64. The van der Waals surface area contributed by atoms with Gasteiger partial charge in [-0.15, -0.1) is 0 Å². The highest BCUT2D eigenvalue weighted by Crippen LogP contribution is 2.47. The van der Waals surface area contributed by atoms with Crippen LogP contribution in [0.15, 0.2) is 85.1 Å². The highest BCUT2D eigenvalue weighted by molar-refractivity contribution is 7.47. The third-order valence-corrected chi connectivity index (χ3v) is 11.1. The van der Waals surface area contributed by atoms with E-state index in [1.807, 2.05) is 0 Å². The van der Waals surface area contributed by atoms with Crippen LogP contribution in [0, 0.1) is 0 Å². The maximum Gasteiger partial charge on any atom is 0.472 e. The number of aliphatic hydroxyl groups excluding tert-OH is 8. The maximum atomic E-state index is 12.8. The van der Waals surface area contributed by atoms with Gasteiger partial charge < -0.3 is 55.2 Å². The summed E-state index contributed by atoms with van der Waals surface area (Å²) in [5.74, 6) is -1.46. The molecule has 0 amide bonds. The van der Waals surface area contributed by atoms with Gasteiger partial charge in [-0.3, -0.25) is 18.6 Å². The van der Waals surface area contributed by atoms with Crippen LogP contribution in [0.1, 0.15) is 123 Å². The summed E-state index contributed by atoms with van der Waals surface area (Å²) < 4.78 is 33.2. The molecular formula is C47H77O16P. The molecule has 9 N–H and O–H groups in total. The first kappa shape index (κ1) is 58.9. The summed E-state index contributed by atoms with van der Waals surface area (Å²) in [5.41, 5.74) is 0. The van der Waals surface area contributed by atoms with Crippen molar-refractivity contribution in [2.75, 3.05) is 13.2 Å². The molecule has 64 heavy (non-hydrogen) atoms. The van der Waals surface area contributed by atoms with Crippen LogP contribution >= 0.6 is 7.82 Å². The van der Waals surface area contributed by atoms with Gasteiger partial charge in [0.15, 0.2) is 6.10 Å². The van der Waals surface area contributed by atoms with Crippen molar-refractivity contribution in [1.29, 1.82) is 0 Å². The molecule has 0 aliphatic heterocycles. The molecule has 0 bridgehead atoms. The van der Waals surface area contributed by atoms with Gasteiger partial charge in [0.2, 0.25) is 0 Å². The predicted octanol–water partition coefficient (Wildman–Crippen LogP) is 5.41. The second-order valence-electron chi connectivity index (χ2n) is 15.7. The van der Waals surface area contributed by atoms with E-state index >= 15 is 0 Å². The normalized spacial score (nSPS) is 23.9. The topological polar surface area (TPSA) is 270 Å². The van der Waals surface area contributed by atoms with E-state index < -0.39 is 94.0 Å². The fourth-order valence-electron chi connectivity index (χ4n) is 6.27. The van der Waals surface area contributed by atoms with Crippen molar-refractivity contribution in [1.82, 2.24) is 0 Å². The minimum atomic E-state index is -5.21. The van der Waals surface area contributed by atoms with Crippen LogP contribution in [-0.2, 0) is 32.7 Å². The maximum absolute atomic E-state index is 12.8. The molecule has 1 fully saturated rings. The largest absolute Gasteiger partial charge is 0.472 e. The van der Waals surface area contributed by atoms with Crippen LogP contribution in [0.4, 0.5) is 0 Å². The van der Waals surface area contributed by atoms with Crippen molar-refractivity contribution in [3.05, 3.63) is 85.1 Å². The van der Waals surface area contributed by atoms with Crippen molar-refractivity contribution in [2.45, 2.75) is 184 Å². The minimum absolute atomic E-state index is 0.00125. The number of unbranched alkanes of at least 4 members (excludes halogenated alkanes) is 7. The number of rotatable bonds is 35. The Labute approximate surface area is 379 Å². The number of hydrogen-bond acceptors (Lipinski definition) is 15. The molecule has 0 radical (unpaired) electrons. The van der Waals surface area contributed by atoms with E-state index in [9.17, 15) is 59.9 Å². The number of carbonyl (C=O) groups excluding carboxylic acids is 2. The van der Waals surface area contributed by atoms with Crippen LogP contribution in [0.5, 0.6) is 0 Å². The molecule has 366 valence electrons. The quantitative estimate of drug-likeness (QED) is 0.0126. The molecule has 16 nitrogen and oxygen atoms in total. The summed E-state index contributed by atoms with van der Waals surface area (Å²) in [6.07, 6.45) is 21.3. The van der Waals surface area contributed by atoms with E-state index in [0.717, 1.165) is 70.6 Å². The summed E-state index contributed by atoms with van der Waals surface area (Å²) >= 11 is 0. The predicted molar refractivity (Wildman–Crippen MR) is 243 cm³/mol. The Morgan fingerprint density at radius 1 is 0.609 bits per heavy atom. The number of allylic oxidation sites excluding steroid dienone is 12. The third kappa shape index (κ3) is 28.1. The molecule has 0 aromatic carbocycles. The first-order valence-electron chi connectivity index (χ1n) is 22.7. The van der Waals surface area contributed by atoms with Gasteiger partial charge >= 0.3 is 19.8 Å². The molecule has 1 aliphatic carbocycles. The number of hydrogen-bond donors (Lipinski definition) is 9. The zero-order valence-electron chi connectivity index (χ0n) is 37.6. The van der Waals surface area contributed by atoms with E-state index in [1.165, 1.54) is 6.08 Å². The van der Waals surface area contributed by atoms with Gasteiger partial charge in [-0.05, 0) is 57.8 Å². The molecule has 1 aliphatic rings. The minimum Gasteiger partial charge on any atom is -0.462 e. The number of esters is 2. The zero-order valence-corrected chi connectivity index (χ0v) is 38.5. The Hall–Kier alpha value is -3.09. The van der Waals surface area contributed by atoms with Gasteiger partial charge in [0.1, 0.15) is 43.2 Å². The molecule has 0 saturated heterocycles. The van der Waals surface area contributed by atoms with E-state index in [0.29, 0.717) is 12.8 Å². The second kappa shape index (κ2) is 36.1. The van der Waals surface area contributed by atoms with Gasteiger partial charge in [-0.25, -0.2) is 4.57 Å². The van der Waals surface area contributed by atoms with Crippen LogP contribution < -0.4 is 0 Å². The fraction of sp³-hybridized carbons (Fsp3) is 0.660. The van der Waals surface area contributed by atoms with Crippen molar-refractivity contribution in [3.8, 4) is 0 Å². The molecular weight excluding hydrogens is 851 g/mol. The summed E-state index contributed by atoms with van der Waals surface area (Å²) in [6.45, 7) is 2.75. The lowest BCUT2D eigenvalue weighted by atomic mass is 9.85. The SMILES string of the molecule is CC/C=C\C/C=C\C/C=C\CCCCCCCC(=O)O[C@H](COC(=O)CCC[C@@H](O)[C@H](O)/C=C/C=C/C=C\C=C\[C@H](O)CCCCC)COP(=O)(O)OC1[C@H](O)[C@H](O)C(O)[C@H](O)[C@H]1O. The highest BCUT2D eigenvalue weighted by Gasteiger charge is 2.51. The van der Waals surface area contributed by atoms with Crippen LogP contribution in [0.3, 0.4) is 0 Å². The number of aliphatic hydroxyl groups is 8. The Kier molecular flexibility index (Phi) is 33.2. The summed E-state index contributed by atoms with van der Waals surface area (Å²) in [4.78, 5) is 35.7. The van der Waals surface area contributed by atoms with Crippen molar-refractivity contribution < 1.29 is 78.4 Å². The van der Waals surface area contributed by atoms with E-state index in [-0.39, 0.29) is 25.7 Å². The molecule has 17 heteroatoms. The first-order valence-corrected chi connectivity index (χ1v) is 24.2. The molecule has 0 spiro atoms. The summed E-state index contributed by atoms with van der Waals surface area (Å²) in [6, 6.07) is 0. The zero-order chi connectivity index (χ0) is 47.6. The molecule has 0 heterocycles. The molecule has 1 saturated carbocycles. The average Bonchev–Trinajstić information content (AvgIpc) is 3.26. The Morgan fingerprint density at radius 2 is 1.17 bits per heavy atom. The molecule has 0 aromatic heterocycles. The van der Waals surface area contributed by atoms with Crippen LogP contribution in [-0.4, -0.2) is 132 Å². The van der Waals surface area contributed by atoms with Gasteiger partial charge in [0.05, 0.1) is 24.9 Å². The standard InChI is InChI=1S/C47H77O16P/c1-3-5-7-8-9-10-11-12-13-14-15-16-17-22-26-32-41(52)62-37(35-61-64(58,59)63-47-45(56)43(54)42(53)44(55)46(47)57)34-60-40(51)33-27-31-39(50)38(49)30-25-21-19-18-20-24-29-36(48)28-23-6-4-2/h5,7,9-10,12-13,18-21,24-25,29-30,36-39,42-50,53-57H,3-4,6,8,11,14-17,22-23,26-28,31-35H2,1-2H3,(H,58,59)/b7-5-,10-9-,13-12-,20-18-,21-19+,29-24+,30-25+/t36-,37-,38-,39-,42?,43-,44+,45-,46-,47?/m1/s1. The lowest BCUT2D eigenvalue weighted by molar-refractivity contribution is -0.220. The molecule has 11 atom stereocenters. The summed E-state index contributed by atoms with van der Waals surface area (Å²) in [7, 11) is -5.21. The number of phosphoric ester groups is 1. The average molecular weight is 929 g/mol. The van der Waals surface area contributed by atoms with E-state index in [1.54, 1.807) is 42.5 Å². The van der Waals surface area contributed by atoms with E-state index in [4.69, 9.17) is 18.5 Å². The van der Waals surface area contributed by atoms with Crippen molar-refractivity contribution in [2.24, 2.45) is 0 Å². The Morgan fingerprint density at radius 3 is 1.83 bits per heavy atom. The second-order valence-corrected chi connectivity index (χ2v) is 17.1. The number of carbonyl (C=O) groups is 2. The van der Waals surface area contributed by atoms with Crippen LogP contribution in [0.25, 0.3) is 0 Å². The number of ether oxygens (including phenoxy) is 2. The van der Waals surface area contributed by atoms with Gasteiger partial charge in [0, 0.05) is 12.8 Å². The lowest BCUT2D eigenvalue weighted by Gasteiger charge is -2.41.